The van der Waals surface area contributed by atoms with E-state index in [1.54, 1.807) is 6.20 Å². The topological polar surface area (TPSA) is 33.3 Å². The molecular formula is C12H26N2O. The smallest absolute Gasteiger partial charge is 0.0478 e. The van der Waals surface area contributed by atoms with Gasteiger partial charge in [0.1, 0.15) is 0 Å². The summed E-state index contributed by atoms with van der Waals surface area (Å²) in [5, 5.41) is 6.20. The molecule has 0 radical (unpaired) electrons. The first kappa shape index (κ1) is 14.5. The zero-order chi connectivity index (χ0) is 11.2. The molecule has 3 nitrogen and oxygen atoms in total. The Morgan fingerprint density at radius 2 is 1.73 bits per heavy atom. The maximum absolute atomic E-state index is 5.49. The molecule has 0 spiro atoms. The maximum atomic E-state index is 5.49. The largest absolute Gasteiger partial charge is 0.391 e. The normalized spacial score (nSPS) is 10.2. The summed E-state index contributed by atoms with van der Waals surface area (Å²) in [6.07, 6.45) is 7.83. The third kappa shape index (κ3) is 13.5. The Balaban J connectivity index is 2.83. The zero-order valence-corrected chi connectivity index (χ0v) is 10.1. The van der Waals surface area contributed by atoms with Gasteiger partial charge in [0.25, 0.3) is 0 Å². The van der Waals surface area contributed by atoms with Crippen LogP contribution in [0.1, 0.15) is 32.1 Å². The highest BCUT2D eigenvalue weighted by Gasteiger charge is 1.91. The second-order valence-electron chi connectivity index (χ2n) is 3.64. The molecule has 0 atom stereocenters. The number of nitrogens with one attached hydrogen (secondary N) is 2. The van der Waals surface area contributed by atoms with E-state index in [1.807, 2.05) is 7.05 Å². The lowest BCUT2D eigenvalue weighted by atomic mass is 10.2. The van der Waals surface area contributed by atoms with Crippen molar-refractivity contribution in [1.82, 2.24) is 10.6 Å². The van der Waals surface area contributed by atoms with Gasteiger partial charge < -0.3 is 15.4 Å². The van der Waals surface area contributed by atoms with E-state index in [0.29, 0.717) is 0 Å². The summed E-state index contributed by atoms with van der Waals surface area (Å²) in [6, 6.07) is 0. The van der Waals surface area contributed by atoms with Crippen molar-refractivity contribution in [1.29, 1.82) is 0 Å². The fourth-order valence-electron chi connectivity index (χ4n) is 1.34. The minimum Gasteiger partial charge on any atom is -0.391 e. The molecule has 0 fully saturated rings. The molecule has 0 saturated heterocycles. The van der Waals surface area contributed by atoms with Crippen LogP contribution >= 0.6 is 0 Å². The molecular weight excluding hydrogens is 188 g/mol. The molecule has 0 aromatic rings. The Morgan fingerprint density at radius 3 is 2.47 bits per heavy atom. The Bertz CT molecular complexity index is 129. The SMILES string of the molecule is C=CNCCCCCCOCCCNC. The van der Waals surface area contributed by atoms with E-state index in [1.165, 1.54) is 25.7 Å². The second-order valence-corrected chi connectivity index (χ2v) is 3.64. The summed E-state index contributed by atoms with van der Waals surface area (Å²) in [7, 11) is 1.97. The van der Waals surface area contributed by atoms with Gasteiger partial charge in [-0.25, -0.2) is 0 Å². The van der Waals surface area contributed by atoms with Crippen molar-refractivity contribution in [2.24, 2.45) is 0 Å². The van der Waals surface area contributed by atoms with Gasteiger partial charge in [-0.05, 0) is 39.1 Å². The van der Waals surface area contributed by atoms with Gasteiger partial charge in [0.05, 0.1) is 0 Å². The standard InChI is InChI=1S/C12H26N2O/c1-3-14-10-6-4-5-7-11-15-12-8-9-13-2/h3,13-14H,1,4-12H2,2H3. The van der Waals surface area contributed by atoms with Crippen LogP contribution in [0.2, 0.25) is 0 Å². The molecule has 3 heteroatoms. The summed E-state index contributed by atoms with van der Waals surface area (Å²) >= 11 is 0. The third-order valence-corrected chi connectivity index (χ3v) is 2.22. The number of unbranched alkanes of at least 4 members (excludes halogenated alkanes) is 3. The average Bonchev–Trinajstić information content (AvgIpc) is 2.26. The highest BCUT2D eigenvalue weighted by Crippen LogP contribution is 1.99. The van der Waals surface area contributed by atoms with Crippen molar-refractivity contribution in [2.45, 2.75) is 32.1 Å². The molecule has 0 aromatic carbocycles. The van der Waals surface area contributed by atoms with Crippen LogP contribution in [0.15, 0.2) is 12.8 Å². The van der Waals surface area contributed by atoms with Crippen LogP contribution in [0, 0.1) is 0 Å². The van der Waals surface area contributed by atoms with E-state index in [0.717, 1.165) is 32.7 Å². The Labute approximate surface area is 94.3 Å². The van der Waals surface area contributed by atoms with Crippen molar-refractivity contribution in [3.63, 3.8) is 0 Å². The molecule has 0 aromatic heterocycles. The molecule has 0 rings (SSSR count). The van der Waals surface area contributed by atoms with Gasteiger partial charge in [-0.3, -0.25) is 0 Å². The minimum atomic E-state index is 0.888. The molecule has 0 aliphatic heterocycles. The average molecular weight is 214 g/mol. The molecule has 2 N–H and O–H groups in total. The monoisotopic (exact) mass is 214 g/mol. The van der Waals surface area contributed by atoms with Crippen molar-refractivity contribution >= 4 is 0 Å². The van der Waals surface area contributed by atoms with Crippen LogP contribution in [-0.4, -0.2) is 33.4 Å². The van der Waals surface area contributed by atoms with Gasteiger partial charge in [-0.1, -0.05) is 19.4 Å². The first-order valence-corrected chi connectivity index (χ1v) is 5.98. The fourth-order valence-corrected chi connectivity index (χ4v) is 1.34. The number of hydrogen-bond acceptors (Lipinski definition) is 3. The predicted octanol–water partition coefficient (Wildman–Crippen LogP) is 1.91. The third-order valence-electron chi connectivity index (χ3n) is 2.22. The summed E-state index contributed by atoms with van der Waals surface area (Å²) in [4.78, 5) is 0. The molecule has 0 bridgehead atoms. The van der Waals surface area contributed by atoms with Crippen molar-refractivity contribution in [2.75, 3.05) is 33.4 Å². The molecule has 90 valence electrons. The number of rotatable bonds is 12. The van der Waals surface area contributed by atoms with Crippen molar-refractivity contribution in [3.05, 3.63) is 12.8 Å². The second kappa shape index (κ2) is 13.5. The minimum absolute atomic E-state index is 0.888. The molecule has 0 aliphatic rings. The lowest BCUT2D eigenvalue weighted by Gasteiger charge is -2.04. The molecule has 0 heterocycles. The van der Waals surface area contributed by atoms with Gasteiger partial charge in [-0.15, -0.1) is 0 Å². The lowest BCUT2D eigenvalue weighted by Crippen LogP contribution is -2.10. The first-order valence-electron chi connectivity index (χ1n) is 5.98. The molecule has 0 saturated carbocycles. The summed E-state index contributed by atoms with van der Waals surface area (Å²) < 4.78 is 5.49. The Hall–Kier alpha value is -0.540. The maximum Gasteiger partial charge on any atom is 0.0478 e. The molecule has 15 heavy (non-hydrogen) atoms. The van der Waals surface area contributed by atoms with E-state index in [-0.39, 0.29) is 0 Å². The predicted molar refractivity (Wildman–Crippen MR) is 66.0 cm³/mol. The van der Waals surface area contributed by atoms with Crippen LogP contribution in [0.3, 0.4) is 0 Å². The first-order chi connectivity index (χ1) is 7.41. The summed E-state index contributed by atoms with van der Waals surface area (Å²) in [6.45, 7) is 7.51. The van der Waals surface area contributed by atoms with E-state index < -0.39 is 0 Å². The van der Waals surface area contributed by atoms with Gasteiger partial charge in [-0.2, -0.15) is 0 Å². The molecule has 0 aliphatic carbocycles. The van der Waals surface area contributed by atoms with Crippen LogP contribution in [-0.2, 0) is 4.74 Å². The highest BCUT2D eigenvalue weighted by atomic mass is 16.5. The zero-order valence-electron chi connectivity index (χ0n) is 10.1. The van der Waals surface area contributed by atoms with Gasteiger partial charge in [0.15, 0.2) is 0 Å². The van der Waals surface area contributed by atoms with Crippen LogP contribution in [0.25, 0.3) is 0 Å². The van der Waals surface area contributed by atoms with E-state index in [9.17, 15) is 0 Å². The van der Waals surface area contributed by atoms with Crippen LogP contribution < -0.4 is 10.6 Å². The molecule has 0 unspecified atom stereocenters. The summed E-state index contributed by atoms with van der Waals surface area (Å²) in [5.41, 5.74) is 0. The van der Waals surface area contributed by atoms with Crippen LogP contribution in [0.4, 0.5) is 0 Å². The number of hydrogen-bond donors (Lipinski definition) is 2. The van der Waals surface area contributed by atoms with Crippen molar-refractivity contribution in [3.8, 4) is 0 Å². The quantitative estimate of drug-likeness (QED) is 0.487. The van der Waals surface area contributed by atoms with E-state index in [4.69, 9.17) is 4.74 Å². The van der Waals surface area contributed by atoms with Gasteiger partial charge in [0, 0.05) is 19.8 Å². The van der Waals surface area contributed by atoms with E-state index >= 15 is 0 Å². The van der Waals surface area contributed by atoms with Crippen molar-refractivity contribution < 1.29 is 4.74 Å². The Kier molecular flexibility index (Phi) is 13.0. The van der Waals surface area contributed by atoms with Crippen LogP contribution in [0.5, 0.6) is 0 Å². The van der Waals surface area contributed by atoms with Gasteiger partial charge in [0.2, 0.25) is 0 Å². The fraction of sp³-hybridized carbons (Fsp3) is 0.833. The lowest BCUT2D eigenvalue weighted by molar-refractivity contribution is 0.128. The summed E-state index contributed by atoms with van der Waals surface area (Å²) in [5.74, 6) is 0. The highest BCUT2D eigenvalue weighted by molar-refractivity contribution is 4.61. The molecule has 0 amide bonds. The van der Waals surface area contributed by atoms with E-state index in [2.05, 4.69) is 17.2 Å². The van der Waals surface area contributed by atoms with Gasteiger partial charge >= 0.3 is 0 Å². The number of ether oxygens (including phenoxy) is 1. The Morgan fingerprint density at radius 1 is 1.00 bits per heavy atom.